The van der Waals surface area contributed by atoms with Crippen molar-refractivity contribution in [2.75, 3.05) is 25.0 Å². The number of anilines is 1. The fraction of sp³-hybridized carbons (Fsp3) is 0.214. The third-order valence-corrected chi connectivity index (χ3v) is 6.94. The number of piperidine rings is 1. The first-order valence-corrected chi connectivity index (χ1v) is 13.0. The molecule has 8 nitrogen and oxygen atoms in total. The molecule has 1 saturated heterocycles. The maximum absolute atomic E-state index is 14.7. The summed E-state index contributed by atoms with van der Waals surface area (Å²) in [4.78, 5) is 30.1. The minimum Gasteiger partial charge on any atom is -0.350 e. The summed E-state index contributed by atoms with van der Waals surface area (Å²) in [7, 11) is 0. The molecule has 2 aromatic heterocycles. The first-order chi connectivity index (χ1) is 19.6. The molecule has 1 atom stereocenters. The van der Waals surface area contributed by atoms with Crippen molar-refractivity contribution in [2.45, 2.75) is 12.3 Å². The van der Waals surface area contributed by atoms with Crippen LogP contribution in [0.25, 0.3) is 16.9 Å². The predicted molar refractivity (Wildman–Crippen MR) is 144 cm³/mol. The van der Waals surface area contributed by atoms with Crippen molar-refractivity contribution in [3.63, 3.8) is 0 Å². The molecule has 0 radical (unpaired) electrons. The molecule has 2 aromatic carbocycles. The van der Waals surface area contributed by atoms with Crippen LogP contribution in [0.2, 0.25) is 5.02 Å². The van der Waals surface area contributed by atoms with Gasteiger partial charge in [-0.15, -0.1) is 0 Å². The number of hydrogen-bond donors (Lipinski definition) is 3. The van der Waals surface area contributed by atoms with Gasteiger partial charge in [0.1, 0.15) is 23.1 Å². The third kappa shape index (κ3) is 6.08. The van der Waals surface area contributed by atoms with Gasteiger partial charge in [-0.1, -0.05) is 29.8 Å². The van der Waals surface area contributed by atoms with Gasteiger partial charge in [-0.05, 0) is 36.4 Å². The smallest absolute Gasteiger partial charge is 0.271 e. The van der Waals surface area contributed by atoms with Gasteiger partial charge in [-0.3, -0.25) is 14.6 Å². The number of hydrogen-bond acceptors (Lipinski definition) is 5. The molecular formula is C28H23ClF4N6O2. The SMILES string of the molecule is O=C(NCC1CNCCC1(F)F)c1cc(NC(=O)c2cc(-c3ncccc3F)c(F)cc2Cl)n(-c2ccccc2)n1. The van der Waals surface area contributed by atoms with Gasteiger partial charge in [0.25, 0.3) is 17.7 Å². The van der Waals surface area contributed by atoms with Crippen LogP contribution in [0.5, 0.6) is 0 Å². The summed E-state index contributed by atoms with van der Waals surface area (Å²) in [6.45, 7) is -0.0367. The number of pyridine rings is 1. The van der Waals surface area contributed by atoms with E-state index in [9.17, 15) is 27.2 Å². The molecule has 1 unspecified atom stereocenters. The summed E-state index contributed by atoms with van der Waals surface area (Å²) in [5.41, 5.74) is -0.429. The van der Waals surface area contributed by atoms with E-state index in [1.165, 1.54) is 23.0 Å². The first kappa shape index (κ1) is 28.2. The molecule has 1 aliphatic heterocycles. The zero-order chi connectivity index (χ0) is 29.1. The standard InChI is InChI=1S/C28H23ClF4N6O2/c29-20-12-22(31)19(25-21(30)7-4-9-35-25)11-18(20)26(40)37-24-13-23(38-39(24)17-5-2-1-3-6-17)27(41)36-15-16-14-34-10-8-28(16,32)33/h1-7,9,11-13,16,34H,8,10,14-15H2,(H,36,41)(H,37,40). The van der Waals surface area contributed by atoms with Crippen LogP contribution in [0.1, 0.15) is 27.3 Å². The van der Waals surface area contributed by atoms with Crippen LogP contribution in [0.4, 0.5) is 23.4 Å². The third-order valence-electron chi connectivity index (χ3n) is 6.63. The number of nitrogens with zero attached hydrogens (tertiary/aromatic N) is 3. The van der Waals surface area contributed by atoms with E-state index >= 15 is 0 Å². The molecular weight excluding hydrogens is 564 g/mol. The van der Waals surface area contributed by atoms with E-state index in [0.717, 1.165) is 18.2 Å². The number of carbonyl (C=O) groups excluding carboxylic acids is 2. The Kier molecular flexibility index (Phi) is 8.04. The predicted octanol–water partition coefficient (Wildman–Crippen LogP) is 5.09. The highest BCUT2D eigenvalue weighted by molar-refractivity contribution is 6.34. The van der Waals surface area contributed by atoms with E-state index in [4.69, 9.17) is 11.6 Å². The van der Waals surface area contributed by atoms with Crippen LogP contribution < -0.4 is 16.0 Å². The molecule has 1 fully saturated rings. The Morgan fingerprint density at radius 2 is 1.83 bits per heavy atom. The van der Waals surface area contributed by atoms with Crippen molar-refractivity contribution < 1.29 is 27.2 Å². The Labute approximate surface area is 236 Å². The molecule has 3 heterocycles. The van der Waals surface area contributed by atoms with Crippen molar-refractivity contribution >= 4 is 29.2 Å². The number of benzene rings is 2. The second kappa shape index (κ2) is 11.7. The van der Waals surface area contributed by atoms with E-state index in [2.05, 4.69) is 26.0 Å². The number of amides is 2. The topological polar surface area (TPSA) is 101 Å². The summed E-state index contributed by atoms with van der Waals surface area (Å²) in [5.74, 6) is -7.16. The minimum atomic E-state index is -2.92. The van der Waals surface area contributed by atoms with Crippen LogP contribution in [0, 0.1) is 17.6 Å². The van der Waals surface area contributed by atoms with Crippen LogP contribution >= 0.6 is 11.6 Å². The number of nitrogens with one attached hydrogen (secondary N) is 3. The summed E-state index contributed by atoms with van der Waals surface area (Å²) >= 11 is 6.17. The Balaban J connectivity index is 1.43. The lowest BCUT2D eigenvalue weighted by Gasteiger charge is -2.31. The number of alkyl halides is 2. The molecule has 212 valence electrons. The second-order valence-corrected chi connectivity index (χ2v) is 9.79. The average Bonchev–Trinajstić information content (AvgIpc) is 3.37. The summed E-state index contributed by atoms with van der Waals surface area (Å²) in [6.07, 6.45) is 0.954. The van der Waals surface area contributed by atoms with E-state index in [1.54, 1.807) is 30.3 Å². The maximum atomic E-state index is 14.7. The van der Waals surface area contributed by atoms with Crippen LogP contribution in [0.3, 0.4) is 0 Å². The Morgan fingerprint density at radius 3 is 2.56 bits per heavy atom. The Hall–Kier alpha value is -4.29. The highest BCUT2D eigenvalue weighted by Crippen LogP contribution is 2.31. The maximum Gasteiger partial charge on any atom is 0.271 e. The fourth-order valence-corrected chi connectivity index (χ4v) is 4.67. The van der Waals surface area contributed by atoms with Crippen molar-refractivity contribution in [1.29, 1.82) is 0 Å². The minimum absolute atomic E-state index is 0.0435. The molecule has 0 spiro atoms. The van der Waals surface area contributed by atoms with Gasteiger partial charge in [-0.2, -0.15) is 5.10 Å². The van der Waals surface area contributed by atoms with E-state index < -0.39 is 35.3 Å². The number of para-hydroxylation sites is 1. The average molecular weight is 587 g/mol. The molecule has 13 heteroatoms. The van der Waals surface area contributed by atoms with Crippen LogP contribution in [-0.4, -0.2) is 52.1 Å². The van der Waals surface area contributed by atoms with Crippen molar-refractivity contribution in [3.8, 4) is 16.9 Å². The van der Waals surface area contributed by atoms with Crippen LogP contribution in [-0.2, 0) is 0 Å². The molecule has 5 rings (SSSR count). The summed E-state index contributed by atoms with van der Waals surface area (Å²) in [5, 5.41) is 12.0. The first-order valence-electron chi connectivity index (χ1n) is 12.6. The number of halogens is 5. The van der Waals surface area contributed by atoms with Gasteiger partial charge in [-0.25, -0.2) is 22.2 Å². The van der Waals surface area contributed by atoms with Gasteiger partial charge in [0.2, 0.25) is 0 Å². The van der Waals surface area contributed by atoms with E-state index in [1.807, 2.05) is 0 Å². The molecule has 2 amide bonds. The summed E-state index contributed by atoms with van der Waals surface area (Å²) < 4.78 is 58.7. The molecule has 41 heavy (non-hydrogen) atoms. The second-order valence-electron chi connectivity index (χ2n) is 9.38. The number of rotatable bonds is 7. The Bertz CT molecular complexity index is 1600. The molecule has 0 saturated carbocycles. The molecule has 4 aromatic rings. The lowest BCUT2D eigenvalue weighted by Crippen LogP contribution is -2.49. The zero-order valence-corrected chi connectivity index (χ0v) is 22.1. The number of carbonyl (C=O) groups is 2. The quantitative estimate of drug-likeness (QED) is 0.262. The van der Waals surface area contributed by atoms with Crippen molar-refractivity contribution in [1.82, 2.24) is 25.4 Å². The zero-order valence-electron chi connectivity index (χ0n) is 21.3. The lowest BCUT2D eigenvalue weighted by molar-refractivity contribution is -0.0761. The van der Waals surface area contributed by atoms with E-state index in [-0.39, 0.29) is 59.4 Å². The van der Waals surface area contributed by atoms with E-state index in [0.29, 0.717) is 5.69 Å². The van der Waals surface area contributed by atoms with Gasteiger partial charge in [0.05, 0.1) is 22.2 Å². The molecule has 3 N–H and O–H groups in total. The van der Waals surface area contributed by atoms with Gasteiger partial charge in [0, 0.05) is 43.9 Å². The van der Waals surface area contributed by atoms with Crippen molar-refractivity contribution in [3.05, 3.63) is 94.8 Å². The number of aromatic nitrogens is 3. The Morgan fingerprint density at radius 1 is 1.05 bits per heavy atom. The van der Waals surface area contributed by atoms with Gasteiger partial charge >= 0.3 is 0 Å². The van der Waals surface area contributed by atoms with Gasteiger partial charge < -0.3 is 16.0 Å². The molecule has 0 aliphatic carbocycles. The monoisotopic (exact) mass is 586 g/mol. The molecule has 1 aliphatic rings. The fourth-order valence-electron chi connectivity index (χ4n) is 4.43. The lowest BCUT2D eigenvalue weighted by atomic mass is 9.95. The van der Waals surface area contributed by atoms with Gasteiger partial charge in [0.15, 0.2) is 5.69 Å². The largest absolute Gasteiger partial charge is 0.350 e. The van der Waals surface area contributed by atoms with Crippen molar-refractivity contribution in [2.24, 2.45) is 5.92 Å². The normalized spacial score (nSPS) is 16.3. The highest BCUT2D eigenvalue weighted by atomic mass is 35.5. The highest BCUT2D eigenvalue weighted by Gasteiger charge is 2.41. The molecule has 0 bridgehead atoms. The van der Waals surface area contributed by atoms with Crippen LogP contribution in [0.15, 0.2) is 66.9 Å². The summed E-state index contributed by atoms with van der Waals surface area (Å²) in [6, 6.07) is 14.2.